The van der Waals surface area contributed by atoms with Gasteiger partial charge >= 0.3 is 0 Å². The summed E-state index contributed by atoms with van der Waals surface area (Å²) in [5.41, 5.74) is 1.87. The molecule has 1 unspecified atom stereocenters. The number of aliphatic hydroxyl groups is 1. The molecule has 1 saturated heterocycles. The highest BCUT2D eigenvalue weighted by atomic mass is 16.3. The second-order valence-corrected chi connectivity index (χ2v) is 5.59. The van der Waals surface area contributed by atoms with E-state index >= 15 is 0 Å². The highest BCUT2D eigenvalue weighted by Crippen LogP contribution is 2.24. The summed E-state index contributed by atoms with van der Waals surface area (Å²) in [6, 6.07) is 7.73. The molecule has 1 amide bonds. The Morgan fingerprint density at radius 3 is 3.10 bits per heavy atom. The van der Waals surface area contributed by atoms with Crippen molar-refractivity contribution in [3.8, 4) is 0 Å². The van der Waals surface area contributed by atoms with Crippen molar-refractivity contribution in [2.45, 2.75) is 19.8 Å². The second-order valence-electron chi connectivity index (χ2n) is 5.59. The van der Waals surface area contributed by atoms with Crippen LogP contribution in [0.3, 0.4) is 0 Å². The van der Waals surface area contributed by atoms with Crippen LogP contribution in [-0.2, 0) is 0 Å². The van der Waals surface area contributed by atoms with Crippen LogP contribution in [0.2, 0.25) is 0 Å². The Kier molecular flexibility index (Phi) is 3.49. The van der Waals surface area contributed by atoms with Crippen LogP contribution in [0.5, 0.6) is 0 Å². The number of piperidine rings is 1. The molecule has 0 bridgehead atoms. The van der Waals surface area contributed by atoms with Crippen molar-refractivity contribution in [3.63, 3.8) is 0 Å². The number of nitrogens with zero attached hydrogens (tertiary/aromatic N) is 1. The van der Waals surface area contributed by atoms with E-state index in [0.717, 1.165) is 35.9 Å². The van der Waals surface area contributed by atoms with E-state index in [2.05, 4.69) is 0 Å². The van der Waals surface area contributed by atoms with Crippen LogP contribution in [0.25, 0.3) is 11.0 Å². The summed E-state index contributed by atoms with van der Waals surface area (Å²) < 4.78 is 5.68. The van der Waals surface area contributed by atoms with Gasteiger partial charge in [-0.15, -0.1) is 0 Å². The molecule has 2 aromatic rings. The lowest BCUT2D eigenvalue weighted by molar-refractivity contribution is 0.0592. The molecule has 4 heteroatoms. The number of furan rings is 1. The first kappa shape index (κ1) is 13.2. The first-order valence-electron chi connectivity index (χ1n) is 7.07. The third kappa shape index (κ3) is 2.43. The lowest BCUT2D eigenvalue weighted by Gasteiger charge is -2.31. The van der Waals surface area contributed by atoms with Crippen LogP contribution in [-0.4, -0.2) is 35.6 Å². The summed E-state index contributed by atoms with van der Waals surface area (Å²) in [6.45, 7) is 3.50. The molecule has 1 atom stereocenters. The van der Waals surface area contributed by atoms with Crippen molar-refractivity contribution in [2.75, 3.05) is 19.7 Å². The minimum atomic E-state index is -0.0722. The molecule has 1 N–H and O–H groups in total. The Morgan fingerprint density at radius 2 is 2.30 bits per heavy atom. The van der Waals surface area contributed by atoms with Gasteiger partial charge in [0.1, 0.15) is 5.58 Å². The fourth-order valence-electron chi connectivity index (χ4n) is 2.80. The number of amides is 1. The van der Waals surface area contributed by atoms with Crippen molar-refractivity contribution < 1.29 is 14.3 Å². The number of carbonyl (C=O) groups is 1. The average molecular weight is 273 g/mol. The van der Waals surface area contributed by atoms with Gasteiger partial charge in [-0.2, -0.15) is 0 Å². The Bertz CT molecular complexity index is 632. The summed E-state index contributed by atoms with van der Waals surface area (Å²) in [5.74, 6) is 0.514. The molecule has 106 valence electrons. The lowest BCUT2D eigenvalue weighted by atomic mass is 9.99. The van der Waals surface area contributed by atoms with Crippen molar-refractivity contribution in [2.24, 2.45) is 5.92 Å². The second kappa shape index (κ2) is 5.29. The normalized spacial score (nSPS) is 19.5. The highest BCUT2D eigenvalue weighted by Gasteiger charge is 2.26. The van der Waals surface area contributed by atoms with E-state index < -0.39 is 0 Å². The Balaban J connectivity index is 1.84. The molecular weight excluding hydrogens is 254 g/mol. The summed E-state index contributed by atoms with van der Waals surface area (Å²) in [7, 11) is 0. The number of fused-ring (bicyclic) bond motifs is 1. The number of hydrogen-bond donors (Lipinski definition) is 1. The monoisotopic (exact) mass is 273 g/mol. The maximum absolute atomic E-state index is 12.5. The van der Waals surface area contributed by atoms with Gasteiger partial charge in [0.2, 0.25) is 0 Å². The van der Waals surface area contributed by atoms with E-state index in [0.29, 0.717) is 12.3 Å². The Labute approximate surface area is 118 Å². The number of aryl methyl sites for hydroxylation is 1. The van der Waals surface area contributed by atoms with E-state index in [1.54, 1.807) is 11.0 Å². The molecule has 1 fully saturated rings. The topological polar surface area (TPSA) is 53.7 Å². The standard InChI is InChI=1S/C16H19NO3/c1-11-4-5-13-8-15(20-14(13)7-11)16(19)17-6-2-3-12(9-17)10-18/h4-5,7-8,12,18H,2-3,6,9-10H2,1H3. The number of aliphatic hydroxyl groups excluding tert-OH is 1. The maximum Gasteiger partial charge on any atom is 0.289 e. The minimum absolute atomic E-state index is 0.0722. The van der Waals surface area contributed by atoms with Crippen molar-refractivity contribution in [1.29, 1.82) is 0 Å². The van der Waals surface area contributed by atoms with Crippen molar-refractivity contribution >= 4 is 16.9 Å². The Morgan fingerprint density at radius 1 is 1.45 bits per heavy atom. The van der Waals surface area contributed by atoms with Gasteiger partial charge in [-0.1, -0.05) is 12.1 Å². The van der Waals surface area contributed by atoms with Gasteiger partial charge in [-0.3, -0.25) is 4.79 Å². The predicted molar refractivity (Wildman–Crippen MR) is 76.7 cm³/mol. The molecule has 3 rings (SSSR count). The minimum Gasteiger partial charge on any atom is -0.451 e. The number of hydrogen-bond acceptors (Lipinski definition) is 3. The average Bonchev–Trinajstić information content (AvgIpc) is 2.89. The van der Waals surface area contributed by atoms with Gasteiger partial charge in [-0.05, 0) is 43.4 Å². The van der Waals surface area contributed by atoms with Gasteiger partial charge in [0, 0.05) is 25.1 Å². The van der Waals surface area contributed by atoms with Crippen LogP contribution >= 0.6 is 0 Å². The molecule has 2 heterocycles. The van der Waals surface area contributed by atoms with E-state index in [-0.39, 0.29) is 18.4 Å². The number of carbonyl (C=O) groups excluding carboxylic acids is 1. The van der Waals surface area contributed by atoms with Crippen LogP contribution in [0.15, 0.2) is 28.7 Å². The zero-order chi connectivity index (χ0) is 14.1. The Hall–Kier alpha value is -1.81. The fourth-order valence-corrected chi connectivity index (χ4v) is 2.80. The molecule has 1 aromatic heterocycles. The summed E-state index contributed by atoms with van der Waals surface area (Å²) >= 11 is 0. The summed E-state index contributed by atoms with van der Waals surface area (Å²) in [6.07, 6.45) is 1.93. The van der Waals surface area contributed by atoms with Gasteiger partial charge in [0.25, 0.3) is 5.91 Å². The van der Waals surface area contributed by atoms with Crippen molar-refractivity contribution in [1.82, 2.24) is 4.90 Å². The first-order valence-corrected chi connectivity index (χ1v) is 7.07. The van der Waals surface area contributed by atoms with E-state index in [1.165, 1.54) is 0 Å². The molecule has 0 aliphatic carbocycles. The van der Waals surface area contributed by atoms with Crippen LogP contribution in [0.1, 0.15) is 29.0 Å². The number of rotatable bonds is 2. The highest BCUT2D eigenvalue weighted by molar-refractivity contribution is 5.96. The molecule has 0 radical (unpaired) electrons. The third-order valence-corrected chi connectivity index (χ3v) is 3.95. The van der Waals surface area contributed by atoms with E-state index in [4.69, 9.17) is 4.42 Å². The first-order chi connectivity index (χ1) is 9.67. The van der Waals surface area contributed by atoms with Gasteiger partial charge in [0.05, 0.1) is 0 Å². The lowest BCUT2D eigenvalue weighted by Crippen LogP contribution is -2.40. The molecule has 1 aliphatic heterocycles. The molecule has 1 aromatic carbocycles. The molecule has 0 spiro atoms. The molecule has 20 heavy (non-hydrogen) atoms. The smallest absolute Gasteiger partial charge is 0.289 e. The molecular formula is C16H19NO3. The number of likely N-dealkylation sites (tertiary alicyclic amines) is 1. The largest absolute Gasteiger partial charge is 0.451 e. The maximum atomic E-state index is 12.5. The predicted octanol–water partition coefficient (Wildman–Crippen LogP) is 2.59. The van der Waals surface area contributed by atoms with Gasteiger partial charge in [0.15, 0.2) is 5.76 Å². The molecule has 0 saturated carbocycles. The van der Waals surface area contributed by atoms with E-state index in [1.807, 2.05) is 25.1 Å². The van der Waals surface area contributed by atoms with Crippen LogP contribution < -0.4 is 0 Å². The van der Waals surface area contributed by atoms with Gasteiger partial charge in [-0.25, -0.2) is 0 Å². The zero-order valence-electron chi connectivity index (χ0n) is 11.6. The molecule has 1 aliphatic rings. The van der Waals surface area contributed by atoms with Crippen LogP contribution in [0, 0.1) is 12.8 Å². The van der Waals surface area contributed by atoms with Crippen LogP contribution in [0.4, 0.5) is 0 Å². The van der Waals surface area contributed by atoms with Crippen molar-refractivity contribution in [3.05, 3.63) is 35.6 Å². The zero-order valence-corrected chi connectivity index (χ0v) is 11.6. The van der Waals surface area contributed by atoms with E-state index in [9.17, 15) is 9.90 Å². The third-order valence-electron chi connectivity index (χ3n) is 3.95. The fraction of sp³-hybridized carbons (Fsp3) is 0.438. The summed E-state index contributed by atoms with van der Waals surface area (Å²) in [5, 5.41) is 10.2. The molecule has 4 nitrogen and oxygen atoms in total. The van der Waals surface area contributed by atoms with Gasteiger partial charge < -0.3 is 14.4 Å². The number of benzene rings is 1. The quantitative estimate of drug-likeness (QED) is 0.915. The summed E-state index contributed by atoms with van der Waals surface area (Å²) in [4.78, 5) is 14.3. The SMILES string of the molecule is Cc1ccc2cc(C(=O)N3CCCC(CO)C3)oc2c1.